The maximum atomic E-state index is 5.62. The van der Waals surface area contributed by atoms with E-state index in [9.17, 15) is 0 Å². The zero-order valence-corrected chi connectivity index (χ0v) is 13.7. The normalized spacial score (nSPS) is 14.8. The van der Waals surface area contributed by atoms with Gasteiger partial charge in [-0.1, -0.05) is 48.2 Å². The van der Waals surface area contributed by atoms with Gasteiger partial charge in [-0.2, -0.15) is 0 Å². The van der Waals surface area contributed by atoms with Gasteiger partial charge in [0.1, 0.15) is 0 Å². The highest BCUT2D eigenvalue weighted by molar-refractivity contribution is 8.02. The van der Waals surface area contributed by atoms with Crippen molar-refractivity contribution in [2.75, 3.05) is 5.75 Å². The summed E-state index contributed by atoms with van der Waals surface area (Å²) in [5, 5.41) is 16.5. The molecule has 0 N–H and O–H groups in total. The zero-order chi connectivity index (χ0) is 13.8. The Hall–Kier alpha value is -0.600. The summed E-state index contributed by atoms with van der Waals surface area (Å²) in [6, 6.07) is 0. The Kier molecular flexibility index (Phi) is 4.95. The maximum absolute atomic E-state index is 5.62. The predicted molar refractivity (Wildman–Crippen MR) is 81.4 cm³/mol. The zero-order valence-electron chi connectivity index (χ0n) is 11.2. The summed E-state index contributed by atoms with van der Waals surface area (Å²) >= 11 is 5.04. The Morgan fingerprint density at radius 2 is 1.95 bits per heavy atom. The van der Waals surface area contributed by atoms with Crippen molar-refractivity contribution in [3.05, 3.63) is 11.8 Å². The molecule has 0 saturated heterocycles. The van der Waals surface area contributed by atoms with Crippen molar-refractivity contribution >= 4 is 34.9 Å². The van der Waals surface area contributed by atoms with E-state index in [0.29, 0.717) is 17.6 Å². The molecule has 2 aromatic rings. The lowest BCUT2D eigenvalue weighted by atomic mass is 10.4. The highest BCUT2D eigenvalue weighted by atomic mass is 32.2. The standard InChI is InChI=1S/C12H16N4OS3/c1-2-3-6-18-11-15-16-12(20-11)19-7-9-13-14-10(17-9)8-4-5-8/h8H,2-7H2,1H3. The third-order valence-corrected chi connectivity index (χ3v) is 6.10. The summed E-state index contributed by atoms with van der Waals surface area (Å²) in [7, 11) is 0. The third kappa shape index (κ3) is 3.95. The molecule has 8 heteroatoms. The van der Waals surface area contributed by atoms with Crippen LogP contribution in [0, 0.1) is 0 Å². The fourth-order valence-corrected chi connectivity index (χ4v) is 4.57. The Labute approximate surface area is 130 Å². The second-order valence-electron chi connectivity index (χ2n) is 4.63. The summed E-state index contributed by atoms with van der Waals surface area (Å²) in [6.07, 6.45) is 4.81. The van der Waals surface area contributed by atoms with E-state index in [4.69, 9.17) is 4.42 Å². The molecule has 0 amide bonds. The molecule has 0 aliphatic heterocycles. The van der Waals surface area contributed by atoms with Gasteiger partial charge in [-0.3, -0.25) is 0 Å². The summed E-state index contributed by atoms with van der Waals surface area (Å²) in [6.45, 7) is 2.20. The first-order valence-electron chi connectivity index (χ1n) is 6.76. The van der Waals surface area contributed by atoms with Gasteiger partial charge in [0.2, 0.25) is 11.8 Å². The summed E-state index contributed by atoms with van der Waals surface area (Å²) in [5.41, 5.74) is 0. The Morgan fingerprint density at radius 1 is 1.15 bits per heavy atom. The molecule has 2 aromatic heterocycles. The van der Waals surface area contributed by atoms with Crippen LogP contribution in [0.4, 0.5) is 0 Å². The van der Waals surface area contributed by atoms with Crippen molar-refractivity contribution in [3.63, 3.8) is 0 Å². The van der Waals surface area contributed by atoms with Gasteiger partial charge in [0, 0.05) is 11.7 Å². The lowest BCUT2D eigenvalue weighted by molar-refractivity contribution is 0.466. The second-order valence-corrected chi connectivity index (χ2v) is 8.17. The number of nitrogens with zero attached hydrogens (tertiary/aromatic N) is 4. The number of unbranched alkanes of at least 4 members (excludes halogenated alkanes) is 1. The van der Waals surface area contributed by atoms with Crippen LogP contribution in [0.15, 0.2) is 13.1 Å². The fourth-order valence-electron chi connectivity index (χ4n) is 1.56. The minimum Gasteiger partial charge on any atom is -0.424 e. The highest BCUT2D eigenvalue weighted by Gasteiger charge is 2.29. The lowest BCUT2D eigenvalue weighted by Crippen LogP contribution is -1.80. The molecule has 20 heavy (non-hydrogen) atoms. The van der Waals surface area contributed by atoms with Crippen LogP contribution < -0.4 is 0 Å². The monoisotopic (exact) mass is 328 g/mol. The molecule has 1 fully saturated rings. The van der Waals surface area contributed by atoms with Crippen molar-refractivity contribution in [3.8, 4) is 0 Å². The minimum atomic E-state index is 0.518. The molecule has 0 aromatic carbocycles. The highest BCUT2D eigenvalue weighted by Crippen LogP contribution is 2.39. The van der Waals surface area contributed by atoms with Crippen LogP contribution in [0.5, 0.6) is 0 Å². The van der Waals surface area contributed by atoms with Crippen LogP contribution in [0.3, 0.4) is 0 Å². The van der Waals surface area contributed by atoms with E-state index in [1.165, 1.54) is 25.7 Å². The molecular weight excluding hydrogens is 312 g/mol. The SMILES string of the molecule is CCCCSc1nnc(SCc2nnc(C3CC3)o2)s1. The number of hydrogen-bond acceptors (Lipinski definition) is 8. The van der Waals surface area contributed by atoms with Crippen molar-refractivity contribution < 1.29 is 4.42 Å². The molecule has 108 valence electrons. The van der Waals surface area contributed by atoms with E-state index in [1.807, 2.05) is 0 Å². The van der Waals surface area contributed by atoms with Crippen molar-refractivity contribution in [1.82, 2.24) is 20.4 Å². The number of thioether (sulfide) groups is 2. The van der Waals surface area contributed by atoms with Gasteiger partial charge < -0.3 is 4.42 Å². The van der Waals surface area contributed by atoms with Gasteiger partial charge in [-0.25, -0.2) is 0 Å². The molecular formula is C12H16N4OS3. The molecule has 1 aliphatic carbocycles. The molecule has 3 rings (SSSR count). The quantitative estimate of drug-likeness (QED) is 0.536. The molecule has 0 unspecified atom stereocenters. The molecule has 0 radical (unpaired) electrons. The van der Waals surface area contributed by atoms with E-state index in [1.54, 1.807) is 34.9 Å². The Bertz CT molecular complexity index is 552. The summed E-state index contributed by atoms with van der Waals surface area (Å²) < 4.78 is 7.64. The van der Waals surface area contributed by atoms with E-state index in [0.717, 1.165) is 20.3 Å². The number of rotatable bonds is 8. The molecule has 0 atom stereocenters. The van der Waals surface area contributed by atoms with Crippen molar-refractivity contribution in [1.29, 1.82) is 0 Å². The van der Waals surface area contributed by atoms with E-state index in [2.05, 4.69) is 27.3 Å². The summed E-state index contributed by atoms with van der Waals surface area (Å²) in [5.74, 6) is 3.79. The maximum Gasteiger partial charge on any atom is 0.226 e. The molecule has 2 heterocycles. The first-order chi connectivity index (χ1) is 9.85. The average Bonchev–Trinajstić information content (AvgIpc) is 3.03. The molecule has 0 spiro atoms. The van der Waals surface area contributed by atoms with Gasteiger partial charge in [0.05, 0.1) is 5.75 Å². The minimum absolute atomic E-state index is 0.518. The van der Waals surface area contributed by atoms with Crippen LogP contribution in [0.2, 0.25) is 0 Å². The van der Waals surface area contributed by atoms with Crippen molar-refractivity contribution in [2.24, 2.45) is 0 Å². The van der Waals surface area contributed by atoms with Crippen molar-refractivity contribution in [2.45, 2.75) is 53.0 Å². The van der Waals surface area contributed by atoms with Crippen LogP contribution in [-0.4, -0.2) is 26.1 Å². The average molecular weight is 328 g/mol. The smallest absolute Gasteiger partial charge is 0.226 e. The van der Waals surface area contributed by atoms with Gasteiger partial charge in [-0.15, -0.1) is 20.4 Å². The Morgan fingerprint density at radius 3 is 2.70 bits per heavy atom. The van der Waals surface area contributed by atoms with Crippen LogP contribution in [0.1, 0.15) is 50.3 Å². The fraction of sp³-hybridized carbons (Fsp3) is 0.667. The van der Waals surface area contributed by atoms with Gasteiger partial charge in [0.25, 0.3) is 0 Å². The van der Waals surface area contributed by atoms with Crippen LogP contribution >= 0.6 is 34.9 Å². The van der Waals surface area contributed by atoms with E-state index < -0.39 is 0 Å². The molecule has 0 bridgehead atoms. The number of aromatic nitrogens is 4. The van der Waals surface area contributed by atoms with Crippen LogP contribution in [-0.2, 0) is 5.75 Å². The van der Waals surface area contributed by atoms with E-state index in [-0.39, 0.29) is 0 Å². The molecule has 1 aliphatic rings. The largest absolute Gasteiger partial charge is 0.424 e. The third-order valence-electron chi connectivity index (χ3n) is 2.84. The topological polar surface area (TPSA) is 64.7 Å². The lowest BCUT2D eigenvalue weighted by Gasteiger charge is -1.92. The first kappa shape index (κ1) is 14.3. The summed E-state index contributed by atoms with van der Waals surface area (Å²) in [4.78, 5) is 0. The van der Waals surface area contributed by atoms with E-state index >= 15 is 0 Å². The predicted octanol–water partition coefficient (Wildman–Crippen LogP) is 3.98. The number of hydrogen-bond donors (Lipinski definition) is 0. The molecule has 5 nitrogen and oxygen atoms in total. The van der Waals surface area contributed by atoms with Gasteiger partial charge >= 0.3 is 0 Å². The van der Waals surface area contributed by atoms with Gasteiger partial charge in [-0.05, 0) is 19.3 Å². The first-order valence-corrected chi connectivity index (χ1v) is 9.55. The van der Waals surface area contributed by atoms with Gasteiger partial charge in [0.15, 0.2) is 8.68 Å². The van der Waals surface area contributed by atoms with Crippen LogP contribution in [0.25, 0.3) is 0 Å². The molecule has 1 saturated carbocycles. The second kappa shape index (κ2) is 6.91. The Balaban J connectivity index is 1.47.